The van der Waals surface area contributed by atoms with Gasteiger partial charge in [0.05, 0.1) is 17.1 Å². The first kappa shape index (κ1) is 21.5. The summed E-state index contributed by atoms with van der Waals surface area (Å²) in [6.45, 7) is 6.93. The summed E-state index contributed by atoms with van der Waals surface area (Å²) in [5, 5.41) is 0.689. The van der Waals surface area contributed by atoms with Gasteiger partial charge < -0.3 is 0 Å². The molecule has 7 nitrogen and oxygen atoms in total. The molecule has 2 rings (SSSR count). The normalized spacial score (nSPS) is 12.0. The van der Waals surface area contributed by atoms with Gasteiger partial charge in [-0.3, -0.25) is 19.7 Å². The predicted octanol–water partition coefficient (Wildman–Crippen LogP) is 3.20. The van der Waals surface area contributed by atoms with Crippen LogP contribution in [-0.4, -0.2) is 25.9 Å². The summed E-state index contributed by atoms with van der Waals surface area (Å²) in [4.78, 5) is 7.85. The molecule has 3 N–H and O–H groups in total. The molecule has 0 spiro atoms. The number of nitrogens with zero attached hydrogens (tertiary/aromatic N) is 3. The number of rotatable bonds is 8. The lowest BCUT2D eigenvalue weighted by molar-refractivity contribution is 0.580. The van der Waals surface area contributed by atoms with Gasteiger partial charge in [0.1, 0.15) is 5.69 Å². The molecule has 1 aromatic heterocycles. The molecule has 0 unspecified atom stereocenters. The lowest BCUT2D eigenvalue weighted by Gasteiger charge is -2.19. The molecular weight excluding hydrogens is 388 g/mol. The van der Waals surface area contributed by atoms with Crippen LogP contribution in [0.3, 0.4) is 0 Å². The number of aromatic nitrogens is 1. The number of anilines is 2. The Kier molecular flexibility index (Phi) is 6.81. The third-order valence-corrected chi connectivity index (χ3v) is 5.14. The summed E-state index contributed by atoms with van der Waals surface area (Å²) >= 11 is 0. The highest BCUT2D eigenvalue weighted by Crippen LogP contribution is 2.30. The fraction of sp³-hybridized carbons (Fsp3) is 0.222. The second-order valence-corrected chi connectivity index (χ2v) is 7.85. The molecule has 1 heterocycles. The molecule has 150 valence electrons. The largest absolute Gasteiger partial charge is 0.280 e. The van der Waals surface area contributed by atoms with Crippen molar-refractivity contribution >= 4 is 33.8 Å². The van der Waals surface area contributed by atoms with Gasteiger partial charge in [-0.05, 0) is 43.8 Å². The molecule has 0 amide bonds. The maximum absolute atomic E-state index is 14.8. The van der Waals surface area contributed by atoms with Crippen molar-refractivity contribution in [2.75, 3.05) is 15.5 Å². The van der Waals surface area contributed by atoms with Gasteiger partial charge in [0.2, 0.25) is 10.0 Å². The van der Waals surface area contributed by atoms with E-state index in [0.717, 1.165) is 17.7 Å². The number of benzene rings is 1. The second kappa shape index (κ2) is 8.89. The Labute approximate surface area is 162 Å². The lowest BCUT2D eigenvalue weighted by Crippen LogP contribution is -2.27. The highest BCUT2D eigenvalue weighted by atomic mass is 32.2. The number of hydrogen-bond acceptors (Lipinski definition) is 6. The molecule has 0 atom stereocenters. The molecule has 0 saturated heterocycles. The van der Waals surface area contributed by atoms with Crippen LogP contribution in [-0.2, 0) is 10.0 Å². The van der Waals surface area contributed by atoms with Gasteiger partial charge >= 0.3 is 0 Å². The topological polar surface area (TPSA) is 101 Å². The number of pyridine rings is 1. The number of nitrogens with two attached hydrogens (primary N) is 1. The van der Waals surface area contributed by atoms with Gasteiger partial charge in [-0.15, -0.1) is 0 Å². The average molecular weight is 409 g/mol. The van der Waals surface area contributed by atoms with Crippen molar-refractivity contribution in [1.82, 2.24) is 4.98 Å². The monoisotopic (exact) mass is 409 g/mol. The van der Waals surface area contributed by atoms with Crippen molar-refractivity contribution in [1.29, 1.82) is 0 Å². The first-order valence-electron chi connectivity index (χ1n) is 8.31. The Morgan fingerprint density at radius 1 is 1.39 bits per heavy atom. The van der Waals surface area contributed by atoms with Crippen LogP contribution in [0.25, 0.3) is 5.70 Å². The molecule has 0 aliphatic rings. The third kappa shape index (κ3) is 5.11. The highest BCUT2D eigenvalue weighted by molar-refractivity contribution is 7.92. The molecule has 2 aromatic rings. The Hall–Kier alpha value is -2.85. The van der Waals surface area contributed by atoms with Gasteiger partial charge in [0, 0.05) is 24.2 Å². The number of halogens is 2. The van der Waals surface area contributed by atoms with Crippen LogP contribution in [0.15, 0.2) is 41.8 Å². The zero-order chi connectivity index (χ0) is 20.9. The SMILES string of the molecule is C=N/C(=C\N(N)c1c(F)ccc(NS(=O)(=O)CCC)c1F)c1cncc(C)c1. The standard InChI is InChI=1S/C18H21F2N5O2S/c1-4-7-28(26,27)24-15-6-5-14(19)18(17(15)20)25(21)11-16(22-3)13-8-12(2)9-23-10-13/h5-6,8-11,24H,3-4,7,21H2,1-2H3/b16-11-. The van der Waals surface area contributed by atoms with Crippen LogP contribution < -0.4 is 15.6 Å². The first-order valence-corrected chi connectivity index (χ1v) is 9.96. The van der Waals surface area contributed by atoms with Crippen molar-refractivity contribution < 1.29 is 17.2 Å². The van der Waals surface area contributed by atoms with E-state index in [9.17, 15) is 17.2 Å². The fourth-order valence-corrected chi connectivity index (χ4v) is 3.57. The summed E-state index contributed by atoms with van der Waals surface area (Å²) < 4.78 is 55.0. The van der Waals surface area contributed by atoms with E-state index in [-0.39, 0.29) is 11.4 Å². The molecule has 28 heavy (non-hydrogen) atoms. The molecule has 0 saturated carbocycles. The third-order valence-electron chi connectivity index (χ3n) is 3.67. The molecule has 0 radical (unpaired) electrons. The highest BCUT2D eigenvalue weighted by Gasteiger charge is 2.20. The van der Waals surface area contributed by atoms with Gasteiger partial charge in [0.15, 0.2) is 11.6 Å². The van der Waals surface area contributed by atoms with E-state index in [1.807, 2.05) is 6.92 Å². The Bertz CT molecular complexity index is 1010. The molecule has 0 aliphatic heterocycles. The Morgan fingerprint density at radius 3 is 2.71 bits per heavy atom. The maximum Gasteiger partial charge on any atom is 0.232 e. The van der Waals surface area contributed by atoms with E-state index < -0.39 is 33.0 Å². The second-order valence-electron chi connectivity index (χ2n) is 6.01. The van der Waals surface area contributed by atoms with Crippen LogP contribution >= 0.6 is 0 Å². The summed E-state index contributed by atoms with van der Waals surface area (Å²) in [5.41, 5.74) is 0.582. The van der Waals surface area contributed by atoms with Crippen molar-refractivity contribution in [2.24, 2.45) is 10.8 Å². The Balaban J connectivity index is 2.45. The summed E-state index contributed by atoms with van der Waals surface area (Å²) in [6, 6.07) is 3.67. The molecular formula is C18H21F2N5O2S. The van der Waals surface area contributed by atoms with E-state index in [4.69, 9.17) is 5.84 Å². The van der Waals surface area contributed by atoms with E-state index in [1.54, 1.807) is 19.2 Å². The van der Waals surface area contributed by atoms with Crippen molar-refractivity contribution in [3.63, 3.8) is 0 Å². The average Bonchev–Trinajstić information content (AvgIpc) is 2.62. The maximum atomic E-state index is 14.8. The first-order chi connectivity index (χ1) is 13.2. The smallest absolute Gasteiger partial charge is 0.232 e. The predicted molar refractivity (Wildman–Crippen MR) is 107 cm³/mol. The van der Waals surface area contributed by atoms with Crippen LogP contribution in [0.1, 0.15) is 24.5 Å². The summed E-state index contributed by atoms with van der Waals surface area (Å²) in [6.07, 6.45) is 4.66. The van der Waals surface area contributed by atoms with Crippen LogP contribution in [0, 0.1) is 18.6 Å². The van der Waals surface area contributed by atoms with E-state index in [2.05, 4.69) is 21.4 Å². The van der Waals surface area contributed by atoms with Crippen molar-refractivity contribution in [3.8, 4) is 0 Å². The van der Waals surface area contributed by atoms with Crippen molar-refractivity contribution in [2.45, 2.75) is 20.3 Å². The number of hydrazine groups is 1. The number of aryl methyl sites for hydroxylation is 1. The van der Waals surface area contributed by atoms with Crippen LogP contribution in [0.4, 0.5) is 20.2 Å². The number of aliphatic imine (C=N–C) groups is 1. The summed E-state index contributed by atoms with van der Waals surface area (Å²) in [7, 11) is -3.76. The molecule has 10 heteroatoms. The Morgan fingerprint density at radius 2 is 2.11 bits per heavy atom. The molecule has 0 aliphatic carbocycles. The van der Waals surface area contributed by atoms with Gasteiger partial charge in [-0.25, -0.2) is 23.0 Å². The van der Waals surface area contributed by atoms with E-state index >= 15 is 0 Å². The zero-order valence-corrected chi connectivity index (χ0v) is 16.3. The minimum Gasteiger partial charge on any atom is -0.280 e. The number of nitrogens with one attached hydrogen (secondary N) is 1. The number of hydrogen-bond donors (Lipinski definition) is 2. The quantitative estimate of drug-likeness (QED) is 0.396. The molecule has 0 bridgehead atoms. The van der Waals surface area contributed by atoms with Crippen molar-refractivity contribution in [3.05, 3.63) is 59.6 Å². The van der Waals surface area contributed by atoms with Gasteiger partial charge in [-0.2, -0.15) is 0 Å². The van der Waals surface area contributed by atoms with E-state index in [0.29, 0.717) is 17.0 Å². The minimum atomic E-state index is -3.76. The number of sulfonamides is 1. The van der Waals surface area contributed by atoms with E-state index in [1.165, 1.54) is 12.4 Å². The fourth-order valence-electron chi connectivity index (χ4n) is 2.44. The van der Waals surface area contributed by atoms with Crippen LogP contribution in [0.5, 0.6) is 0 Å². The molecule has 0 fully saturated rings. The minimum absolute atomic E-state index is 0.198. The zero-order valence-electron chi connectivity index (χ0n) is 15.5. The summed E-state index contributed by atoms with van der Waals surface area (Å²) in [5.74, 6) is 3.51. The van der Waals surface area contributed by atoms with Gasteiger partial charge in [-0.1, -0.05) is 6.92 Å². The molecule has 1 aromatic carbocycles. The lowest BCUT2D eigenvalue weighted by atomic mass is 10.2. The van der Waals surface area contributed by atoms with Gasteiger partial charge in [0.25, 0.3) is 0 Å². The van der Waals surface area contributed by atoms with Crippen LogP contribution in [0.2, 0.25) is 0 Å².